The van der Waals surface area contributed by atoms with Crippen molar-refractivity contribution >= 4 is 19.8 Å². The monoisotopic (exact) mass is 559 g/mol. The van der Waals surface area contributed by atoms with Crippen LogP contribution in [0.15, 0.2) is 21.9 Å². The van der Waals surface area contributed by atoms with Crippen molar-refractivity contribution in [3.8, 4) is 0 Å². The normalized spacial score (nSPS) is 21.4. The molecule has 2 heterocycles. The lowest BCUT2D eigenvalue weighted by molar-refractivity contribution is -0.234. The van der Waals surface area contributed by atoms with Crippen molar-refractivity contribution in [1.82, 2.24) is 14.9 Å². The largest absolute Gasteiger partial charge is 0.756 e. The van der Waals surface area contributed by atoms with Gasteiger partial charge in [0, 0.05) is 25.2 Å². The molecule has 216 valence electrons. The maximum atomic E-state index is 12.6. The van der Waals surface area contributed by atoms with Gasteiger partial charge in [-0.1, -0.05) is 12.8 Å². The number of carbonyl (C=O) groups is 1. The Labute approximate surface area is 222 Å². The Kier molecular flexibility index (Phi) is 13.1. The number of nitrogens with one attached hydrogen (secondary N) is 2. The van der Waals surface area contributed by atoms with E-state index in [0.29, 0.717) is 13.1 Å². The third-order valence-corrected chi connectivity index (χ3v) is 6.74. The molecule has 1 fully saturated rings. The first-order valence-corrected chi connectivity index (χ1v) is 14.3. The molecule has 4 unspecified atom stereocenters. The van der Waals surface area contributed by atoms with Crippen LogP contribution in [0.3, 0.4) is 0 Å². The second kappa shape index (κ2) is 15.5. The van der Waals surface area contributed by atoms with Crippen LogP contribution < -0.4 is 27.2 Å². The zero-order valence-electron chi connectivity index (χ0n) is 22.4. The second-order valence-corrected chi connectivity index (χ2v) is 10.9. The highest BCUT2D eigenvalue weighted by molar-refractivity contribution is 7.45. The maximum Gasteiger partial charge on any atom is 0.330 e. The van der Waals surface area contributed by atoms with Gasteiger partial charge in [-0.15, -0.1) is 0 Å². The number of nitrogens with zero attached hydrogens (tertiary/aromatic N) is 1. The standard InChI is InChI=1S/C24H41N4O9P/c1-16(2)34-15-20-19(37-38(32,33)36-17(3)4)13-22(35-20)28-14-18(23(30)27-24(28)31)9-10-21(29)26-12-8-6-5-7-11-25/h9-10,14,16-17,19-20,22H,5-8,11-13,15,25H2,1-4H3,(H,26,29)(H,32,33)(H,27,30,31)/p-1/b10-9+. The Balaban J connectivity index is 2.14. The summed E-state index contributed by atoms with van der Waals surface area (Å²) in [7, 11) is -4.66. The highest BCUT2D eigenvalue weighted by Crippen LogP contribution is 2.45. The van der Waals surface area contributed by atoms with E-state index < -0.39 is 43.6 Å². The Bertz CT molecular complexity index is 1090. The van der Waals surface area contributed by atoms with Crippen LogP contribution in [0.25, 0.3) is 6.08 Å². The molecule has 0 bridgehead atoms. The Morgan fingerprint density at radius 1 is 1.26 bits per heavy atom. The second-order valence-electron chi connectivity index (χ2n) is 9.57. The molecule has 1 saturated heterocycles. The van der Waals surface area contributed by atoms with Crippen molar-refractivity contribution in [2.45, 2.75) is 90.4 Å². The van der Waals surface area contributed by atoms with Crippen molar-refractivity contribution in [2.24, 2.45) is 5.73 Å². The molecule has 4 atom stereocenters. The molecule has 1 amide bonds. The fourth-order valence-electron chi connectivity index (χ4n) is 3.76. The van der Waals surface area contributed by atoms with E-state index in [2.05, 4.69) is 10.3 Å². The van der Waals surface area contributed by atoms with Crippen LogP contribution in [-0.2, 0) is 27.9 Å². The minimum Gasteiger partial charge on any atom is -0.756 e. The summed E-state index contributed by atoms with van der Waals surface area (Å²) in [5.74, 6) is -0.381. The van der Waals surface area contributed by atoms with E-state index in [1.54, 1.807) is 13.8 Å². The molecule has 13 nitrogen and oxygen atoms in total. The summed E-state index contributed by atoms with van der Waals surface area (Å²) >= 11 is 0. The van der Waals surface area contributed by atoms with Crippen LogP contribution in [0.2, 0.25) is 0 Å². The van der Waals surface area contributed by atoms with E-state index in [-0.39, 0.29) is 30.6 Å². The first-order valence-electron chi connectivity index (χ1n) is 12.9. The minimum absolute atomic E-state index is 0.0117. The van der Waals surface area contributed by atoms with E-state index in [9.17, 15) is 23.8 Å². The topological polar surface area (TPSA) is 187 Å². The van der Waals surface area contributed by atoms with Crippen molar-refractivity contribution in [1.29, 1.82) is 0 Å². The van der Waals surface area contributed by atoms with Crippen LogP contribution in [-0.4, -0.2) is 59.6 Å². The smallest absolute Gasteiger partial charge is 0.330 e. The highest BCUT2D eigenvalue weighted by atomic mass is 31.2. The van der Waals surface area contributed by atoms with Crippen molar-refractivity contribution in [3.05, 3.63) is 38.7 Å². The van der Waals surface area contributed by atoms with Gasteiger partial charge in [0.15, 0.2) is 0 Å². The molecule has 0 aliphatic carbocycles. The van der Waals surface area contributed by atoms with E-state index in [1.807, 2.05) is 13.8 Å². The molecule has 0 saturated carbocycles. The third-order valence-electron chi connectivity index (χ3n) is 5.53. The number of phosphoric acid groups is 1. The molecule has 1 aromatic rings. The molecule has 0 radical (unpaired) electrons. The number of ether oxygens (including phenoxy) is 2. The lowest BCUT2D eigenvalue weighted by atomic mass is 10.2. The van der Waals surface area contributed by atoms with Gasteiger partial charge in [0.2, 0.25) is 5.91 Å². The van der Waals surface area contributed by atoms with Gasteiger partial charge >= 0.3 is 5.69 Å². The number of rotatable bonds is 16. The molecule has 4 N–H and O–H groups in total. The lowest BCUT2D eigenvalue weighted by Crippen LogP contribution is -2.34. The van der Waals surface area contributed by atoms with Crippen LogP contribution in [0, 0.1) is 0 Å². The summed E-state index contributed by atoms with van der Waals surface area (Å²) < 4.78 is 35.1. The maximum absolute atomic E-state index is 12.6. The SMILES string of the molecule is CC(C)OCC1OC(n2cc(/C=C/C(=O)NCCCCCCN)c(=O)[nH]c2=O)CC1OP(=O)([O-])OC(C)C. The minimum atomic E-state index is -4.66. The van der Waals surface area contributed by atoms with E-state index >= 15 is 0 Å². The van der Waals surface area contributed by atoms with E-state index in [0.717, 1.165) is 30.3 Å². The summed E-state index contributed by atoms with van der Waals surface area (Å²) in [6.45, 7) is 7.88. The average molecular weight is 560 g/mol. The van der Waals surface area contributed by atoms with Crippen molar-refractivity contribution in [3.63, 3.8) is 0 Å². The Morgan fingerprint density at radius 2 is 1.97 bits per heavy atom. The molecule has 38 heavy (non-hydrogen) atoms. The molecular formula is C24H40N4O9P-. The molecule has 2 rings (SSSR count). The molecule has 14 heteroatoms. The van der Waals surface area contributed by atoms with Crippen molar-refractivity contribution in [2.75, 3.05) is 19.7 Å². The van der Waals surface area contributed by atoms with Gasteiger partial charge < -0.3 is 34.5 Å². The third kappa shape index (κ3) is 10.9. The van der Waals surface area contributed by atoms with E-state index in [1.165, 1.54) is 18.3 Å². The fraction of sp³-hybridized carbons (Fsp3) is 0.708. The first-order chi connectivity index (χ1) is 17.9. The molecular weight excluding hydrogens is 519 g/mol. The van der Waals surface area contributed by atoms with Gasteiger partial charge in [0.05, 0.1) is 30.5 Å². The van der Waals surface area contributed by atoms with Crippen molar-refractivity contribution < 1.29 is 32.8 Å². The summed E-state index contributed by atoms with van der Waals surface area (Å²) in [6, 6.07) is 0. The van der Waals surface area contributed by atoms with E-state index in [4.69, 9.17) is 24.3 Å². The number of unbranched alkanes of at least 4 members (excludes halogenated alkanes) is 3. The number of amides is 1. The fourth-order valence-corrected chi connectivity index (χ4v) is 4.88. The number of hydrogen-bond acceptors (Lipinski definition) is 10. The van der Waals surface area contributed by atoms with Gasteiger partial charge in [-0.2, -0.15) is 0 Å². The van der Waals surface area contributed by atoms with Gasteiger partial charge in [0.25, 0.3) is 13.4 Å². The number of aromatic nitrogens is 2. The predicted molar refractivity (Wildman–Crippen MR) is 139 cm³/mol. The zero-order valence-corrected chi connectivity index (χ0v) is 23.3. The molecule has 0 spiro atoms. The highest BCUT2D eigenvalue weighted by Gasteiger charge is 2.40. The first kappa shape index (κ1) is 32.1. The lowest BCUT2D eigenvalue weighted by Gasteiger charge is -2.29. The summed E-state index contributed by atoms with van der Waals surface area (Å²) in [5, 5.41) is 2.74. The summed E-state index contributed by atoms with van der Waals surface area (Å²) in [4.78, 5) is 51.5. The number of hydrogen-bond donors (Lipinski definition) is 3. The average Bonchev–Trinajstić information content (AvgIpc) is 3.19. The van der Waals surface area contributed by atoms with Gasteiger partial charge in [-0.3, -0.25) is 23.7 Å². The number of nitrogens with two attached hydrogens (primary N) is 1. The van der Waals surface area contributed by atoms with Crippen LogP contribution in [0.4, 0.5) is 0 Å². The summed E-state index contributed by atoms with van der Waals surface area (Å²) in [5.41, 5.74) is 4.06. The van der Waals surface area contributed by atoms with Gasteiger partial charge in [-0.05, 0) is 53.2 Å². The number of carbonyl (C=O) groups excluding carboxylic acids is 1. The Morgan fingerprint density at radius 3 is 2.63 bits per heavy atom. The zero-order chi connectivity index (χ0) is 28.3. The number of phosphoric ester groups is 1. The molecule has 1 aromatic heterocycles. The predicted octanol–water partition coefficient (Wildman–Crippen LogP) is 1.18. The quantitative estimate of drug-likeness (QED) is 0.151. The van der Waals surface area contributed by atoms with Crippen LogP contribution >= 0.6 is 7.82 Å². The van der Waals surface area contributed by atoms with Crippen LogP contribution in [0.5, 0.6) is 0 Å². The number of H-pyrrole nitrogens is 1. The van der Waals surface area contributed by atoms with Crippen LogP contribution in [0.1, 0.15) is 71.6 Å². The van der Waals surface area contributed by atoms with Gasteiger partial charge in [-0.25, -0.2) is 4.79 Å². The Hall–Kier alpha value is -2.12. The molecule has 1 aliphatic rings. The molecule has 0 aromatic carbocycles. The molecule has 1 aliphatic heterocycles. The van der Waals surface area contributed by atoms with Gasteiger partial charge in [0.1, 0.15) is 12.3 Å². The number of aromatic amines is 1. The summed E-state index contributed by atoms with van der Waals surface area (Å²) in [6.07, 6.45) is 3.88.